The molecule has 0 N–H and O–H groups in total. The van der Waals surface area contributed by atoms with Gasteiger partial charge in [0.05, 0.1) is 5.25 Å². The Morgan fingerprint density at radius 1 is 1.80 bits per heavy atom. The monoisotopic (exact) mass is 175 g/mol. The minimum Gasteiger partial charge on any atom is -0.300 e. The second-order valence-corrected chi connectivity index (χ2v) is 4.01. The Balaban J connectivity index is 2.71. The summed E-state index contributed by atoms with van der Waals surface area (Å²) < 4.78 is 0.705. The van der Waals surface area contributed by atoms with Crippen molar-refractivity contribution in [2.75, 3.05) is 7.05 Å². The molecule has 0 spiro atoms. The van der Waals surface area contributed by atoms with Crippen LogP contribution in [0.5, 0.6) is 0 Å². The Hall–Kier alpha value is -0.0900. The minimum atomic E-state index is 0.0810. The number of carbonyl (C=O) groups is 1. The first-order chi connectivity index (χ1) is 4.66. The number of carbonyl (C=O) groups excluding carboxylic acids is 1. The average Bonchev–Trinajstić information content (AvgIpc) is 2.17. The molecule has 1 aliphatic rings. The third kappa shape index (κ3) is 1.18. The SMILES string of the molecule is CCC1SC(=S)N(C)C1=O. The molecule has 56 valence electrons. The van der Waals surface area contributed by atoms with Crippen molar-refractivity contribution < 1.29 is 4.79 Å². The maximum Gasteiger partial charge on any atom is 0.241 e. The molecular weight excluding hydrogens is 166 g/mol. The van der Waals surface area contributed by atoms with Crippen LogP contribution in [0.4, 0.5) is 0 Å². The predicted octanol–water partition coefficient (Wildman–Crippen LogP) is 1.26. The summed E-state index contributed by atoms with van der Waals surface area (Å²) in [5.41, 5.74) is 0. The van der Waals surface area contributed by atoms with Gasteiger partial charge in [-0.15, -0.1) is 0 Å². The summed E-state index contributed by atoms with van der Waals surface area (Å²) in [6.45, 7) is 2.00. The summed E-state index contributed by atoms with van der Waals surface area (Å²) in [6.07, 6.45) is 0.869. The third-order valence-corrected chi connectivity index (χ3v) is 3.35. The second kappa shape index (κ2) is 2.88. The molecule has 1 heterocycles. The average molecular weight is 175 g/mol. The Morgan fingerprint density at radius 2 is 2.40 bits per heavy atom. The highest BCUT2D eigenvalue weighted by atomic mass is 32.2. The largest absolute Gasteiger partial charge is 0.300 e. The van der Waals surface area contributed by atoms with E-state index >= 15 is 0 Å². The molecule has 0 aromatic heterocycles. The van der Waals surface area contributed by atoms with Gasteiger partial charge in [0.25, 0.3) is 0 Å². The zero-order chi connectivity index (χ0) is 7.72. The van der Waals surface area contributed by atoms with E-state index in [0.29, 0.717) is 4.32 Å². The molecule has 0 aliphatic carbocycles. The van der Waals surface area contributed by atoms with Crippen molar-refractivity contribution in [2.45, 2.75) is 18.6 Å². The topological polar surface area (TPSA) is 20.3 Å². The molecular formula is C6H9NOS2. The molecule has 0 aromatic carbocycles. The van der Waals surface area contributed by atoms with Gasteiger partial charge in [-0.2, -0.15) is 0 Å². The first kappa shape index (κ1) is 8.01. The third-order valence-electron chi connectivity index (χ3n) is 1.49. The molecule has 4 heteroatoms. The summed E-state index contributed by atoms with van der Waals surface area (Å²) >= 11 is 6.42. The van der Waals surface area contributed by atoms with Crippen LogP contribution in [0.1, 0.15) is 13.3 Å². The second-order valence-electron chi connectivity index (χ2n) is 2.18. The van der Waals surface area contributed by atoms with Gasteiger partial charge in [0.15, 0.2) is 0 Å². The lowest BCUT2D eigenvalue weighted by Gasteiger charge is -2.05. The quantitative estimate of drug-likeness (QED) is 0.559. The van der Waals surface area contributed by atoms with Crippen LogP contribution in [0.2, 0.25) is 0 Å². The van der Waals surface area contributed by atoms with E-state index in [2.05, 4.69) is 0 Å². The molecule has 1 amide bonds. The summed E-state index contributed by atoms with van der Waals surface area (Å²) in [5.74, 6) is 0.150. The van der Waals surface area contributed by atoms with Gasteiger partial charge in [0.2, 0.25) is 5.91 Å². The van der Waals surface area contributed by atoms with E-state index in [4.69, 9.17) is 12.2 Å². The van der Waals surface area contributed by atoms with Crippen molar-refractivity contribution >= 4 is 34.2 Å². The minimum absolute atomic E-state index is 0.0810. The fraction of sp³-hybridized carbons (Fsp3) is 0.667. The highest BCUT2D eigenvalue weighted by Gasteiger charge is 2.32. The predicted molar refractivity (Wildman–Crippen MR) is 47.0 cm³/mol. The standard InChI is InChI=1S/C6H9NOS2/c1-3-4-5(8)7(2)6(9)10-4/h4H,3H2,1-2H3. The van der Waals surface area contributed by atoms with E-state index in [-0.39, 0.29) is 11.2 Å². The lowest BCUT2D eigenvalue weighted by Crippen LogP contribution is -2.26. The normalized spacial score (nSPS) is 26.2. The lowest BCUT2D eigenvalue weighted by molar-refractivity contribution is -0.125. The van der Waals surface area contributed by atoms with Gasteiger partial charge < -0.3 is 0 Å². The van der Waals surface area contributed by atoms with Gasteiger partial charge in [-0.05, 0) is 6.42 Å². The van der Waals surface area contributed by atoms with Crippen molar-refractivity contribution in [1.29, 1.82) is 0 Å². The van der Waals surface area contributed by atoms with Gasteiger partial charge in [-0.1, -0.05) is 30.9 Å². The molecule has 1 atom stereocenters. The maximum absolute atomic E-state index is 11.2. The van der Waals surface area contributed by atoms with Crippen LogP contribution >= 0.6 is 24.0 Å². The Morgan fingerprint density at radius 3 is 2.60 bits per heavy atom. The van der Waals surface area contributed by atoms with Crippen molar-refractivity contribution in [3.8, 4) is 0 Å². The highest BCUT2D eigenvalue weighted by Crippen LogP contribution is 2.27. The van der Waals surface area contributed by atoms with Gasteiger partial charge in [0, 0.05) is 7.05 Å². The van der Waals surface area contributed by atoms with E-state index in [0.717, 1.165) is 6.42 Å². The zero-order valence-corrected chi connectivity index (χ0v) is 7.59. The molecule has 10 heavy (non-hydrogen) atoms. The van der Waals surface area contributed by atoms with Crippen LogP contribution < -0.4 is 0 Å². The number of thioether (sulfide) groups is 1. The maximum atomic E-state index is 11.2. The first-order valence-electron chi connectivity index (χ1n) is 3.15. The van der Waals surface area contributed by atoms with E-state index in [9.17, 15) is 4.79 Å². The lowest BCUT2D eigenvalue weighted by atomic mass is 10.3. The Kier molecular flexibility index (Phi) is 2.31. The fourth-order valence-electron chi connectivity index (χ4n) is 0.815. The highest BCUT2D eigenvalue weighted by molar-refractivity contribution is 8.24. The molecule has 0 saturated carbocycles. The van der Waals surface area contributed by atoms with Crippen molar-refractivity contribution in [3.63, 3.8) is 0 Å². The van der Waals surface area contributed by atoms with E-state index in [1.165, 1.54) is 11.8 Å². The smallest absolute Gasteiger partial charge is 0.241 e. The van der Waals surface area contributed by atoms with Gasteiger partial charge in [-0.25, -0.2) is 0 Å². The van der Waals surface area contributed by atoms with Crippen molar-refractivity contribution in [2.24, 2.45) is 0 Å². The fourth-order valence-corrected chi connectivity index (χ4v) is 2.17. The Labute approximate surface area is 70.0 Å². The van der Waals surface area contributed by atoms with E-state index in [1.54, 1.807) is 11.9 Å². The Bertz CT molecular complexity index is 181. The van der Waals surface area contributed by atoms with Crippen molar-refractivity contribution in [3.05, 3.63) is 0 Å². The first-order valence-corrected chi connectivity index (χ1v) is 4.43. The summed E-state index contributed by atoms with van der Waals surface area (Å²) in [5, 5.41) is 0.0810. The molecule has 1 unspecified atom stereocenters. The van der Waals surface area contributed by atoms with Crippen LogP contribution in [-0.4, -0.2) is 27.4 Å². The van der Waals surface area contributed by atoms with Crippen LogP contribution in [0, 0.1) is 0 Å². The van der Waals surface area contributed by atoms with Crippen LogP contribution in [0.25, 0.3) is 0 Å². The van der Waals surface area contributed by atoms with Crippen LogP contribution in [-0.2, 0) is 4.79 Å². The molecule has 2 nitrogen and oxygen atoms in total. The number of rotatable bonds is 1. The van der Waals surface area contributed by atoms with Crippen LogP contribution in [0.15, 0.2) is 0 Å². The summed E-state index contributed by atoms with van der Waals surface area (Å²) in [4.78, 5) is 12.7. The summed E-state index contributed by atoms with van der Waals surface area (Å²) in [6, 6.07) is 0. The molecule has 0 aromatic rings. The van der Waals surface area contributed by atoms with Crippen molar-refractivity contribution in [1.82, 2.24) is 4.90 Å². The number of nitrogens with zero attached hydrogens (tertiary/aromatic N) is 1. The van der Waals surface area contributed by atoms with Gasteiger partial charge >= 0.3 is 0 Å². The van der Waals surface area contributed by atoms with Gasteiger partial charge in [0.1, 0.15) is 4.32 Å². The molecule has 1 rings (SSSR count). The molecule has 0 radical (unpaired) electrons. The van der Waals surface area contributed by atoms with Crippen LogP contribution in [0.3, 0.4) is 0 Å². The molecule has 1 aliphatic heterocycles. The molecule has 1 fully saturated rings. The number of thiocarbonyl (C=S) groups is 1. The number of hydrogen-bond donors (Lipinski definition) is 0. The summed E-state index contributed by atoms with van der Waals surface area (Å²) in [7, 11) is 1.73. The molecule has 1 saturated heterocycles. The number of amides is 1. The van der Waals surface area contributed by atoms with E-state index < -0.39 is 0 Å². The van der Waals surface area contributed by atoms with Gasteiger partial charge in [-0.3, -0.25) is 9.69 Å². The molecule has 0 bridgehead atoms. The van der Waals surface area contributed by atoms with E-state index in [1.807, 2.05) is 6.92 Å². The number of hydrogen-bond acceptors (Lipinski definition) is 3. The zero-order valence-electron chi connectivity index (χ0n) is 5.96.